The highest BCUT2D eigenvalue weighted by Crippen LogP contribution is 2.21. The van der Waals surface area contributed by atoms with Gasteiger partial charge in [-0.25, -0.2) is 4.79 Å². The van der Waals surface area contributed by atoms with Crippen LogP contribution in [0.2, 0.25) is 0 Å². The highest BCUT2D eigenvalue weighted by molar-refractivity contribution is 6.04. The van der Waals surface area contributed by atoms with Gasteiger partial charge >= 0.3 is 12.1 Å². The number of rotatable bonds is 10. The van der Waals surface area contributed by atoms with Gasteiger partial charge in [-0.3, -0.25) is 9.59 Å². The van der Waals surface area contributed by atoms with Crippen molar-refractivity contribution in [3.63, 3.8) is 0 Å². The summed E-state index contributed by atoms with van der Waals surface area (Å²) in [5, 5.41) is 2.66. The number of ether oxygens (including phenoxy) is 2. The zero-order chi connectivity index (χ0) is 20.2. The lowest BCUT2D eigenvalue weighted by Crippen LogP contribution is -2.26. The van der Waals surface area contributed by atoms with Crippen LogP contribution in [0, 0.1) is 0 Å². The van der Waals surface area contributed by atoms with E-state index in [1.165, 1.54) is 7.11 Å². The summed E-state index contributed by atoms with van der Waals surface area (Å²) in [5.41, 5.74) is 1.54. The summed E-state index contributed by atoms with van der Waals surface area (Å²) in [5.74, 6) is -1.65. The van der Waals surface area contributed by atoms with Crippen LogP contribution in [0.3, 0.4) is 0 Å². The molecule has 1 amide bonds. The Labute approximate surface area is 164 Å². The minimum absolute atomic E-state index is 0.190. The van der Waals surface area contributed by atoms with Crippen molar-refractivity contribution >= 4 is 17.8 Å². The normalized spacial score (nSPS) is 11.3. The van der Waals surface area contributed by atoms with Crippen LogP contribution in [-0.2, 0) is 25.7 Å². The lowest BCUT2D eigenvalue weighted by Gasteiger charge is -2.14. The molecular formula is C22H25NO5. The molecule has 1 unspecified atom stereocenters. The van der Waals surface area contributed by atoms with Crippen molar-refractivity contribution in [1.82, 2.24) is 5.32 Å². The number of esters is 1. The van der Waals surface area contributed by atoms with Crippen molar-refractivity contribution in [3.8, 4) is 0 Å². The van der Waals surface area contributed by atoms with Crippen molar-refractivity contribution in [2.24, 2.45) is 0 Å². The summed E-state index contributed by atoms with van der Waals surface area (Å²) < 4.78 is 9.90. The highest BCUT2D eigenvalue weighted by atomic mass is 16.5. The molecule has 0 aliphatic heterocycles. The quantitative estimate of drug-likeness (QED) is 0.385. The van der Waals surface area contributed by atoms with E-state index >= 15 is 0 Å². The van der Waals surface area contributed by atoms with Crippen LogP contribution in [0.4, 0.5) is 4.79 Å². The van der Waals surface area contributed by atoms with E-state index in [1.54, 1.807) is 24.3 Å². The van der Waals surface area contributed by atoms with Crippen molar-refractivity contribution < 1.29 is 23.9 Å². The lowest BCUT2D eigenvalue weighted by molar-refractivity contribution is -0.145. The Hall–Kier alpha value is -3.15. The molecule has 0 aliphatic carbocycles. The molecule has 6 heteroatoms. The second-order valence-corrected chi connectivity index (χ2v) is 6.28. The van der Waals surface area contributed by atoms with E-state index in [9.17, 15) is 14.4 Å². The first kappa shape index (κ1) is 21.2. The number of unbranched alkanes of at least 4 members (excludes halogenated alkanes) is 1. The number of hydrogen-bond acceptors (Lipinski definition) is 5. The van der Waals surface area contributed by atoms with Gasteiger partial charge in [0.25, 0.3) is 0 Å². The molecule has 2 rings (SSSR count). The predicted octanol–water partition coefficient (Wildman–Crippen LogP) is 3.61. The predicted molar refractivity (Wildman–Crippen MR) is 105 cm³/mol. The minimum atomic E-state index is -0.907. The fourth-order valence-electron chi connectivity index (χ4n) is 2.75. The first-order valence-corrected chi connectivity index (χ1v) is 9.22. The maximum atomic E-state index is 12.5. The van der Waals surface area contributed by atoms with Gasteiger partial charge in [-0.15, -0.1) is 0 Å². The van der Waals surface area contributed by atoms with E-state index in [0.717, 1.165) is 5.56 Å². The third kappa shape index (κ3) is 6.87. The van der Waals surface area contributed by atoms with Crippen molar-refractivity contribution in [2.75, 3.05) is 13.7 Å². The molecule has 0 fully saturated rings. The smallest absolute Gasteiger partial charge is 0.407 e. The van der Waals surface area contributed by atoms with Gasteiger partial charge in [0.05, 0.1) is 7.11 Å². The molecule has 1 N–H and O–H groups in total. The highest BCUT2D eigenvalue weighted by Gasteiger charge is 2.28. The zero-order valence-corrected chi connectivity index (χ0v) is 15.9. The molecule has 0 spiro atoms. The number of amides is 1. The van der Waals surface area contributed by atoms with E-state index in [1.807, 2.05) is 36.4 Å². The largest absolute Gasteiger partial charge is 0.468 e. The standard InChI is InChI=1S/C22H25NO5/c1-27-21(25)20(18-12-6-3-7-13-18)19(24)14-8-9-15-23-22(26)28-16-17-10-4-2-5-11-17/h2-7,10-13,20H,8-9,14-16H2,1H3,(H,23,26). The molecule has 0 saturated carbocycles. The van der Waals surface area contributed by atoms with Gasteiger partial charge in [0.1, 0.15) is 12.5 Å². The van der Waals surface area contributed by atoms with Crippen LogP contribution in [0.1, 0.15) is 36.3 Å². The van der Waals surface area contributed by atoms with Crippen LogP contribution in [0.15, 0.2) is 60.7 Å². The van der Waals surface area contributed by atoms with E-state index in [2.05, 4.69) is 5.32 Å². The molecule has 0 bridgehead atoms. The number of benzene rings is 2. The maximum Gasteiger partial charge on any atom is 0.407 e. The minimum Gasteiger partial charge on any atom is -0.468 e. The maximum absolute atomic E-state index is 12.5. The van der Waals surface area contributed by atoms with Crippen LogP contribution in [-0.4, -0.2) is 31.5 Å². The zero-order valence-electron chi connectivity index (χ0n) is 15.9. The van der Waals surface area contributed by atoms with E-state index in [-0.39, 0.29) is 18.8 Å². The SMILES string of the molecule is COC(=O)C(C(=O)CCCCNC(=O)OCc1ccccc1)c1ccccc1. The van der Waals surface area contributed by atoms with Crippen LogP contribution in [0.25, 0.3) is 0 Å². The van der Waals surface area contributed by atoms with E-state index < -0.39 is 18.0 Å². The Balaban J connectivity index is 1.69. The molecule has 28 heavy (non-hydrogen) atoms. The topological polar surface area (TPSA) is 81.7 Å². The van der Waals surface area contributed by atoms with Gasteiger partial charge in [-0.2, -0.15) is 0 Å². The number of ketones is 1. The number of carbonyl (C=O) groups is 3. The number of methoxy groups -OCH3 is 1. The lowest BCUT2D eigenvalue weighted by atomic mass is 9.92. The summed E-state index contributed by atoms with van der Waals surface area (Å²) in [6.07, 6.45) is 0.898. The van der Waals surface area contributed by atoms with E-state index in [0.29, 0.717) is 24.9 Å². The Morgan fingerprint density at radius 3 is 2.21 bits per heavy atom. The number of carbonyl (C=O) groups excluding carboxylic acids is 3. The summed E-state index contributed by atoms with van der Waals surface area (Å²) in [6.45, 7) is 0.609. The van der Waals surface area contributed by atoms with Crippen LogP contribution >= 0.6 is 0 Å². The Morgan fingerprint density at radius 2 is 1.57 bits per heavy atom. The van der Waals surface area contributed by atoms with Crippen molar-refractivity contribution in [3.05, 3.63) is 71.8 Å². The molecule has 0 heterocycles. The molecule has 2 aromatic carbocycles. The average Bonchev–Trinajstić information content (AvgIpc) is 2.73. The molecule has 2 aromatic rings. The van der Waals surface area contributed by atoms with Gasteiger partial charge in [0.15, 0.2) is 5.78 Å². The summed E-state index contributed by atoms with van der Waals surface area (Å²) in [6, 6.07) is 18.3. The van der Waals surface area contributed by atoms with E-state index in [4.69, 9.17) is 9.47 Å². The Morgan fingerprint density at radius 1 is 0.929 bits per heavy atom. The number of Topliss-reactive ketones (excluding diaryl/α,β-unsaturated/α-hetero) is 1. The first-order chi connectivity index (χ1) is 13.6. The van der Waals surface area contributed by atoms with Gasteiger partial charge in [-0.1, -0.05) is 60.7 Å². The van der Waals surface area contributed by atoms with Gasteiger partial charge < -0.3 is 14.8 Å². The molecule has 0 aliphatic rings. The molecule has 1 atom stereocenters. The molecule has 148 valence electrons. The third-order valence-corrected chi connectivity index (χ3v) is 4.22. The van der Waals surface area contributed by atoms with Gasteiger partial charge in [0.2, 0.25) is 0 Å². The van der Waals surface area contributed by atoms with Crippen molar-refractivity contribution in [2.45, 2.75) is 31.8 Å². The number of alkyl carbamates (subject to hydrolysis) is 1. The third-order valence-electron chi connectivity index (χ3n) is 4.22. The first-order valence-electron chi connectivity index (χ1n) is 9.22. The second-order valence-electron chi connectivity index (χ2n) is 6.28. The van der Waals surface area contributed by atoms with Gasteiger partial charge in [-0.05, 0) is 24.0 Å². The molecule has 0 radical (unpaired) electrons. The fourth-order valence-corrected chi connectivity index (χ4v) is 2.75. The van der Waals surface area contributed by atoms with Crippen LogP contribution < -0.4 is 5.32 Å². The Kier molecular flexibility index (Phi) is 8.72. The monoisotopic (exact) mass is 383 g/mol. The molecular weight excluding hydrogens is 358 g/mol. The number of hydrogen-bond donors (Lipinski definition) is 1. The molecule has 6 nitrogen and oxygen atoms in total. The Bertz CT molecular complexity index is 761. The number of nitrogens with one attached hydrogen (secondary N) is 1. The average molecular weight is 383 g/mol. The van der Waals surface area contributed by atoms with Crippen molar-refractivity contribution in [1.29, 1.82) is 0 Å². The van der Waals surface area contributed by atoms with Crippen LogP contribution in [0.5, 0.6) is 0 Å². The molecule has 0 aromatic heterocycles. The second kappa shape index (κ2) is 11.5. The molecule has 0 saturated heterocycles. The summed E-state index contributed by atoms with van der Waals surface area (Å²) in [4.78, 5) is 36.2. The fraction of sp³-hybridized carbons (Fsp3) is 0.318. The summed E-state index contributed by atoms with van der Waals surface area (Å²) in [7, 11) is 1.27. The van der Waals surface area contributed by atoms with Gasteiger partial charge in [0, 0.05) is 13.0 Å². The summed E-state index contributed by atoms with van der Waals surface area (Å²) >= 11 is 0.